The second kappa shape index (κ2) is 6.99. The van der Waals surface area contributed by atoms with Crippen LogP contribution >= 0.6 is 0 Å². The normalized spacial score (nSPS) is 9.64. The summed E-state index contributed by atoms with van der Waals surface area (Å²) >= 11 is 0. The molecule has 1 heterocycles. The van der Waals surface area contributed by atoms with E-state index in [-0.39, 0.29) is 0 Å². The van der Waals surface area contributed by atoms with Gasteiger partial charge in [0.15, 0.2) is 22.8 Å². The molecule has 0 saturated carbocycles. The molecule has 0 aliphatic rings. The van der Waals surface area contributed by atoms with E-state index in [1.54, 1.807) is 0 Å². The first-order chi connectivity index (χ1) is 10.4. The van der Waals surface area contributed by atoms with Gasteiger partial charge in [0.2, 0.25) is 0 Å². The van der Waals surface area contributed by atoms with E-state index in [0.717, 1.165) is 21.9 Å². The topological polar surface area (TPSA) is 223 Å². The zero-order valence-corrected chi connectivity index (χ0v) is 10.3. The largest absolute Gasteiger partial charge is 0.295 e. The van der Waals surface area contributed by atoms with Crippen LogP contribution in [0.5, 0.6) is 0 Å². The Hall–Kier alpha value is -3.20. The lowest BCUT2D eigenvalue weighted by atomic mass is 10.2. The van der Waals surface area contributed by atoms with Gasteiger partial charge in [-0.3, -0.25) is 40.0 Å². The lowest BCUT2D eigenvalue weighted by Gasteiger charge is -2.10. The average molecular weight is 316 g/mol. The van der Waals surface area contributed by atoms with E-state index in [0.29, 0.717) is 0 Å². The number of carbonyl (C=O) groups excluding carboxylic acids is 4. The third-order valence-corrected chi connectivity index (χ3v) is 2.16. The number of hydrogen-bond donors (Lipinski definition) is 8. The van der Waals surface area contributed by atoms with E-state index in [4.69, 9.17) is 20.8 Å². The Morgan fingerprint density at radius 3 is 0.864 bits per heavy atom. The van der Waals surface area contributed by atoms with Crippen molar-refractivity contribution in [3.8, 4) is 0 Å². The van der Waals surface area contributed by atoms with Crippen LogP contribution in [0.15, 0.2) is 0 Å². The van der Waals surface area contributed by atoms with Crippen molar-refractivity contribution in [3.05, 3.63) is 22.8 Å². The summed E-state index contributed by atoms with van der Waals surface area (Å²) in [6, 6.07) is 0. The third-order valence-electron chi connectivity index (χ3n) is 2.16. The quantitative estimate of drug-likeness (QED) is 0.207. The van der Waals surface area contributed by atoms with Gasteiger partial charge in [-0.1, -0.05) is 0 Å². The highest BCUT2D eigenvalue weighted by Gasteiger charge is 2.29. The van der Waals surface area contributed by atoms with Gasteiger partial charge in [-0.05, 0) is 0 Å². The van der Waals surface area contributed by atoms with Crippen LogP contribution in [0.1, 0.15) is 42.0 Å². The smallest absolute Gasteiger partial charge is 0.288 e. The molecule has 0 aromatic carbocycles. The maximum atomic E-state index is 11.4. The van der Waals surface area contributed by atoms with Crippen molar-refractivity contribution in [2.75, 3.05) is 0 Å². The van der Waals surface area contributed by atoms with Crippen molar-refractivity contribution in [1.82, 2.24) is 31.9 Å². The van der Waals surface area contributed by atoms with Crippen molar-refractivity contribution >= 4 is 23.6 Å². The van der Waals surface area contributed by atoms with Crippen LogP contribution in [-0.2, 0) is 0 Å². The molecule has 14 heteroatoms. The average Bonchev–Trinajstić information content (AvgIpc) is 2.57. The van der Waals surface area contributed by atoms with Crippen LogP contribution in [-0.4, -0.2) is 54.4 Å². The molecule has 118 valence electrons. The zero-order chi connectivity index (χ0) is 16.9. The Labute approximate surface area is 119 Å². The molecule has 0 radical (unpaired) electrons. The number of nitrogens with one attached hydrogen (secondary N) is 4. The van der Waals surface area contributed by atoms with Crippen LogP contribution in [0.4, 0.5) is 0 Å². The molecule has 4 amide bonds. The highest BCUT2D eigenvalue weighted by Crippen LogP contribution is 2.10. The van der Waals surface area contributed by atoms with Crippen molar-refractivity contribution in [1.29, 1.82) is 0 Å². The van der Waals surface area contributed by atoms with Gasteiger partial charge in [0.1, 0.15) is 0 Å². The molecule has 0 fully saturated rings. The summed E-state index contributed by atoms with van der Waals surface area (Å²) in [6.45, 7) is 0. The second-order valence-corrected chi connectivity index (χ2v) is 3.38. The first-order valence-corrected chi connectivity index (χ1v) is 5.11. The predicted molar refractivity (Wildman–Crippen MR) is 59.0 cm³/mol. The lowest BCUT2D eigenvalue weighted by Crippen LogP contribution is -2.34. The van der Waals surface area contributed by atoms with Crippen LogP contribution in [0.3, 0.4) is 0 Å². The minimum absolute atomic E-state index is 0.956. The number of amides is 4. The van der Waals surface area contributed by atoms with Crippen molar-refractivity contribution in [2.45, 2.75) is 0 Å². The van der Waals surface area contributed by atoms with Crippen LogP contribution < -0.4 is 21.9 Å². The molecule has 1 rings (SSSR count). The number of hydroxylamine groups is 4. The fraction of sp³-hybridized carbons (Fsp3) is 0. The van der Waals surface area contributed by atoms with Crippen molar-refractivity contribution in [2.24, 2.45) is 0 Å². The second-order valence-electron chi connectivity index (χ2n) is 3.38. The Bertz CT molecular complexity index is 540. The SMILES string of the molecule is O=C(NO)c1nc(C(=O)NO)c(C(=O)NO)nc1C(=O)NO. The molecular weight excluding hydrogens is 308 g/mol. The standard InChI is InChI=1S/C8H8N6O8/c15-5(11-19)1-2(6(16)12-20)10-4(8(18)14-22)3(9-1)7(17)13-21/h19-22H,(H,11,15)(H,12,16)(H,13,17)(H,14,18). The van der Waals surface area contributed by atoms with Gasteiger partial charge >= 0.3 is 0 Å². The molecule has 0 saturated heterocycles. The molecule has 14 nitrogen and oxygen atoms in total. The maximum absolute atomic E-state index is 11.4. The maximum Gasteiger partial charge on any atom is 0.295 e. The number of carbonyl (C=O) groups is 4. The Kier molecular flexibility index (Phi) is 5.36. The molecule has 0 atom stereocenters. The molecule has 1 aromatic rings. The van der Waals surface area contributed by atoms with E-state index in [2.05, 4.69) is 9.97 Å². The summed E-state index contributed by atoms with van der Waals surface area (Å²) in [6.07, 6.45) is 0. The number of rotatable bonds is 4. The van der Waals surface area contributed by atoms with Gasteiger partial charge in [-0.25, -0.2) is 31.9 Å². The number of nitrogens with zero attached hydrogens (tertiary/aromatic N) is 2. The van der Waals surface area contributed by atoms with E-state index in [1.807, 2.05) is 0 Å². The van der Waals surface area contributed by atoms with E-state index >= 15 is 0 Å². The number of hydrogen-bond acceptors (Lipinski definition) is 10. The van der Waals surface area contributed by atoms with Gasteiger partial charge < -0.3 is 0 Å². The van der Waals surface area contributed by atoms with Crippen LogP contribution in [0.25, 0.3) is 0 Å². The Morgan fingerprint density at radius 1 is 0.545 bits per heavy atom. The molecule has 0 unspecified atom stereocenters. The highest BCUT2D eigenvalue weighted by atomic mass is 16.5. The first-order valence-electron chi connectivity index (χ1n) is 5.11. The molecule has 0 aliphatic heterocycles. The van der Waals surface area contributed by atoms with Gasteiger partial charge in [0, 0.05) is 0 Å². The van der Waals surface area contributed by atoms with Crippen LogP contribution in [0, 0.1) is 0 Å². The van der Waals surface area contributed by atoms with Crippen molar-refractivity contribution < 1.29 is 40.0 Å². The lowest BCUT2D eigenvalue weighted by molar-refractivity contribution is 0.0640. The molecule has 0 spiro atoms. The Balaban J connectivity index is 3.70. The summed E-state index contributed by atoms with van der Waals surface area (Å²) in [7, 11) is 0. The highest BCUT2D eigenvalue weighted by molar-refractivity contribution is 6.08. The summed E-state index contributed by atoms with van der Waals surface area (Å²) in [5, 5.41) is 34.2. The Morgan fingerprint density at radius 2 is 0.727 bits per heavy atom. The van der Waals surface area contributed by atoms with Crippen molar-refractivity contribution in [3.63, 3.8) is 0 Å². The summed E-state index contributed by atoms with van der Waals surface area (Å²) in [5.74, 6) is -5.63. The minimum atomic E-state index is -1.41. The zero-order valence-electron chi connectivity index (χ0n) is 10.3. The number of aromatic nitrogens is 2. The van der Waals surface area contributed by atoms with Gasteiger partial charge in [0.25, 0.3) is 23.6 Å². The minimum Gasteiger partial charge on any atom is -0.288 e. The summed E-state index contributed by atoms with van der Waals surface area (Å²) in [5.41, 5.74) is 0.576. The monoisotopic (exact) mass is 316 g/mol. The third kappa shape index (κ3) is 3.10. The van der Waals surface area contributed by atoms with E-state index in [9.17, 15) is 19.2 Å². The molecular formula is C8H8N6O8. The van der Waals surface area contributed by atoms with E-state index < -0.39 is 46.4 Å². The summed E-state index contributed by atoms with van der Waals surface area (Å²) < 4.78 is 0. The molecule has 0 aliphatic carbocycles. The van der Waals surface area contributed by atoms with Gasteiger partial charge in [0.05, 0.1) is 0 Å². The molecule has 1 aromatic heterocycles. The molecule has 22 heavy (non-hydrogen) atoms. The fourth-order valence-electron chi connectivity index (χ4n) is 1.28. The predicted octanol–water partition coefficient (Wildman–Crippen LogP) is -3.05. The van der Waals surface area contributed by atoms with Gasteiger partial charge in [-0.15, -0.1) is 0 Å². The first kappa shape index (κ1) is 16.9. The van der Waals surface area contributed by atoms with Crippen LogP contribution in [0.2, 0.25) is 0 Å². The molecule has 8 N–H and O–H groups in total. The fourth-order valence-corrected chi connectivity index (χ4v) is 1.28. The molecule has 0 bridgehead atoms. The van der Waals surface area contributed by atoms with E-state index in [1.165, 1.54) is 0 Å². The van der Waals surface area contributed by atoms with Gasteiger partial charge in [-0.2, -0.15) is 0 Å². The summed E-state index contributed by atoms with van der Waals surface area (Å²) in [4.78, 5) is 52.2.